The molecule has 0 fully saturated rings. The van der Waals surface area contributed by atoms with E-state index in [2.05, 4.69) is 5.32 Å². The van der Waals surface area contributed by atoms with Crippen molar-refractivity contribution in [1.29, 1.82) is 0 Å². The molecule has 7 heteroatoms. The highest BCUT2D eigenvalue weighted by molar-refractivity contribution is 7.17. The molecule has 0 saturated heterocycles. The van der Waals surface area contributed by atoms with E-state index in [0.29, 0.717) is 29.6 Å². The van der Waals surface area contributed by atoms with Crippen molar-refractivity contribution >= 4 is 39.1 Å². The van der Waals surface area contributed by atoms with Crippen molar-refractivity contribution in [2.75, 3.05) is 6.79 Å². The lowest BCUT2D eigenvalue weighted by atomic mass is 10.2. The van der Waals surface area contributed by atoms with Gasteiger partial charge in [0.25, 0.3) is 5.91 Å². The van der Waals surface area contributed by atoms with Crippen molar-refractivity contribution in [3.8, 4) is 11.5 Å². The monoisotopic (exact) mass is 424 g/mol. The first-order valence-electron chi connectivity index (χ1n) is 9.15. The minimum absolute atomic E-state index is 0.111. The third kappa shape index (κ3) is 3.57. The molecule has 3 heterocycles. The molecule has 0 spiro atoms. The summed E-state index contributed by atoms with van der Waals surface area (Å²) < 4.78 is 13.9. The normalized spacial score (nSPS) is 12.4. The van der Waals surface area contributed by atoms with Gasteiger partial charge in [-0.15, -0.1) is 11.3 Å². The summed E-state index contributed by atoms with van der Waals surface area (Å²) in [6.07, 6.45) is 0. The molecule has 0 unspecified atom stereocenters. The maximum atomic E-state index is 13.0. The first-order chi connectivity index (χ1) is 14.2. The number of fused-ring (bicyclic) bond motifs is 2. The quantitative estimate of drug-likeness (QED) is 0.487. The van der Waals surface area contributed by atoms with Crippen LogP contribution in [0, 0.1) is 0 Å². The predicted molar refractivity (Wildman–Crippen MR) is 114 cm³/mol. The van der Waals surface area contributed by atoms with Gasteiger partial charge in [0.1, 0.15) is 5.69 Å². The Bertz CT molecular complexity index is 1200. The molecule has 2 aromatic heterocycles. The van der Waals surface area contributed by atoms with Crippen molar-refractivity contribution in [1.82, 2.24) is 9.88 Å². The zero-order chi connectivity index (χ0) is 19.8. The van der Waals surface area contributed by atoms with E-state index in [1.807, 2.05) is 64.5 Å². The molecule has 5 rings (SSSR count). The molecule has 1 aliphatic heterocycles. The molecular weight excluding hydrogens is 408 g/mol. The first kappa shape index (κ1) is 18.1. The van der Waals surface area contributed by atoms with Crippen LogP contribution in [0.4, 0.5) is 0 Å². The van der Waals surface area contributed by atoms with Crippen molar-refractivity contribution in [3.63, 3.8) is 0 Å². The molecule has 0 bridgehead atoms. The molecule has 146 valence electrons. The number of hydrogen-bond acceptors (Lipinski definition) is 4. The summed E-state index contributed by atoms with van der Waals surface area (Å²) in [6, 6.07) is 17.4. The maximum absolute atomic E-state index is 13.0. The van der Waals surface area contributed by atoms with Crippen LogP contribution in [-0.4, -0.2) is 17.3 Å². The van der Waals surface area contributed by atoms with Crippen LogP contribution in [0.3, 0.4) is 0 Å². The number of nitrogens with zero attached hydrogens (tertiary/aromatic N) is 1. The van der Waals surface area contributed by atoms with Gasteiger partial charge in [0.15, 0.2) is 11.5 Å². The van der Waals surface area contributed by atoms with Gasteiger partial charge in [-0.1, -0.05) is 29.8 Å². The molecule has 0 saturated carbocycles. The summed E-state index contributed by atoms with van der Waals surface area (Å²) >= 11 is 7.63. The average molecular weight is 425 g/mol. The van der Waals surface area contributed by atoms with Gasteiger partial charge in [0.2, 0.25) is 6.79 Å². The smallest absolute Gasteiger partial charge is 0.268 e. The molecule has 5 nitrogen and oxygen atoms in total. The number of benzene rings is 2. The summed E-state index contributed by atoms with van der Waals surface area (Å²) in [5.41, 5.74) is 3.74. The van der Waals surface area contributed by atoms with E-state index in [1.165, 1.54) is 0 Å². The van der Waals surface area contributed by atoms with Crippen LogP contribution in [-0.2, 0) is 13.1 Å². The highest BCUT2D eigenvalue weighted by Crippen LogP contribution is 2.32. The molecule has 0 radical (unpaired) electrons. The second kappa shape index (κ2) is 7.46. The van der Waals surface area contributed by atoms with Crippen LogP contribution in [0.15, 0.2) is 60.0 Å². The molecule has 0 aliphatic carbocycles. The van der Waals surface area contributed by atoms with Gasteiger partial charge in [-0.05, 0) is 52.9 Å². The van der Waals surface area contributed by atoms with E-state index in [4.69, 9.17) is 21.1 Å². The highest BCUT2D eigenvalue weighted by atomic mass is 35.5. The van der Waals surface area contributed by atoms with Crippen LogP contribution in [0.2, 0.25) is 5.02 Å². The number of aromatic nitrogens is 1. The summed E-state index contributed by atoms with van der Waals surface area (Å²) in [5, 5.41) is 5.76. The average Bonchev–Trinajstić information content (AvgIpc) is 3.44. The number of halogens is 1. The van der Waals surface area contributed by atoms with Crippen molar-refractivity contribution in [2.45, 2.75) is 13.1 Å². The predicted octanol–water partition coefficient (Wildman–Crippen LogP) is 5.06. The lowest BCUT2D eigenvalue weighted by Crippen LogP contribution is -2.25. The Morgan fingerprint density at radius 2 is 1.83 bits per heavy atom. The Balaban J connectivity index is 1.38. The van der Waals surface area contributed by atoms with Gasteiger partial charge >= 0.3 is 0 Å². The van der Waals surface area contributed by atoms with E-state index in [0.717, 1.165) is 27.1 Å². The van der Waals surface area contributed by atoms with Crippen LogP contribution < -0.4 is 14.8 Å². The number of carbonyl (C=O) groups excluding carboxylic acids is 1. The standard InChI is InChI=1S/C22H17ClN2O3S/c23-16-4-1-14(2-5-16)12-25-17-7-8-29-21(17)10-18(25)22(26)24-11-15-3-6-19-20(9-15)28-13-27-19/h1-10H,11-13H2,(H,24,26). The zero-order valence-electron chi connectivity index (χ0n) is 15.4. The van der Waals surface area contributed by atoms with Gasteiger partial charge in [-0.3, -0.25) is 4.79 Å². The minimum Gasteiger partial charge on any atom is -0.454 e. The van der Waals surface area contributed by atoms with E-state index >= 15 is 0 Å². The number of hydrogen-bond donors (Lipinski definition) is 1. The Morgan fingerprint density at radius 1 is 1.03 bits per heavy atom. The SMILES string of the molecule is O=C(NCc1ccc2c(c1)OCO2)c1cc2sccc2n1Cc1ccc(Cl)cc1. The number of nitrogens with one attached hydrogen (secondary N) is 1. The molecule has 2 aromatic carbocycles. The van der Waals surface area contributed by atoms with Gasteiger partial charge in [-0.2, -0.15) is 0 Å². The van der Waals surface area contributed by atoms with Crippen LogP contribution >= 0.6 is 22.9 Å². The molecule has 1 amide bonds. The summed E-state index contributed by atoms with van der Waals surface area (Å²) in [4.78, 5) is 13.0. The number of amides is 1. The summed E-state index contributed by atoms with van der Waals surface area (Å²) in [6.45, 7) is 1.25. The fourth-order valence-electron chi connectivity index (χ4n) is 3.43. The van der Waals surface area contributed by atoms with Crippen molar-refractivity contribution in [2.24, 2.45) is 0 Å². The second-order valence-corrected chi connectivity index (χ2v) is 8.17. The highest BCUT2D eigenvalue weighted by Gasteiger charge is 2.18. The van der Waals surface area contributed by atoms with E-state index in [1.54, 1.807) is 11.3 Å². The fourth-order valence-corrected chi connectivity index (χ4v) is 4.38. The van der Waals surface area contributed by atoms with Crippen LogP contribution in [0.1, 0.15) is 21.6 Å². The minimum atomic E-state index is -0.111. The Hall–Kier alpha value is -2.96. The number of ether oxygens (including phenoxy) is 2. The van der Waals surface area contributed by atoms with Gasteiger partial charge < -0.3 is 19.4 Å². The van der Waals surface area contributed by atoms with Gasteiger partial charge in [0, 0.05) is 18.1 Å². The van der Waals surface area contributed by atoms with Crippen LogP contribution in [0.5, 0.6) is 11.5 Å². The second-order valence-electron chi connectivity index (χ2n) is 6.78. The Morgan fingerprint density at radius 3 is 2.69 bits per heavy atom. The molecule has 0 atom stereocenters. The largest absolute Gasteiger partial charge is 0.454 e. The van der Waals surface area contributed by atoms with E-state index in [9.17, 15) is 4.79 Å². The first-order valence-corrected chi connectivity index (χ1v) is 10.4. The van der Waals surface area contributed by atoms with Crippen molar-refractivity contribution in [3.05, 3.63) is 81.8 Å². The molecule has 1 N–H and O–H groups in total. The molecule has 29 heavy (non-hydrogen) atoms. The van der Waals surface area contributed by atoms with Gasteiger partial charge in [-0.25, -0.2) is 0 Å². The van der Waals surface area contributed by atoms with Crippen molar-refractivity contribution < 1.29 is 14.3 Å². The summed E-state index contributed by atoms with van der Waals surface area (Å²) in [7, 11) is 0. The van der Waals surface area contributed by atoms with Gasteiger partial charge in [0.05, 0.1) is 10.2 Å². The molecule has 4 aromatic rings. The fraction of sp³-hybridized carbons (Fsp3) is 0.136. The lowest BCUT2D eigenvalue weighted by Gasteiger charge is -2.11. The van der Waals surface area contributed by atoms with E-state index in [-0.39, 0.29) is 12.7 Å². The maximum Gasteiger partial charge on any atom is 0.268 e. The lowest BCUT2D eigenvalue weighted by molar-refractivity contribution is 0.0942. The van der Waals surface area contributed by atoms with E-state index < -0.39 is 0 Å². The topological polar surface area (TPSA) is 52.5 Å². The number of rotatable bonds is 5. The van der Waals surface area contributed by atoms with Crippen LogP contribution in [0.25, 0.3) is 10.2 Å². The third-order valence-corrected chi connectivity index (χ3v) is 6.00. The molecular formula is C22H17ClN2O3S. The number of carbonyl (C=O) groups is 1. The Kier molecular flexibility index (Phi) is 4.66. The Labute approximate surface area is 176 Å². The number of thiophene rings is 1. The summed E-state index contributed by atoms with van der Waals surface area (Å²) in [5.74, 6) is 1.33. The zero-order valence-corrected chi connectivity index (χ0v) is 16.9. The molecule has 1 aliphatic rings. The third-order valence-electron chi connectivity index (χ3n) is 4.90.